The molecule has 2 unspecified atom stereocenters. The van der Waals surface area contributed by atoms with Crippen LogP contribution in [0.5, 0.6) is 0 Å². The van der Waals surface area contributed by atoms with Crippen molar-refractivity contribution in [3.05, 3.63) is 18.0 Å². The van der Waals surface area contributed by atoms with Crippen LogP contribution in [0.15, 0.2) is 12.4 Å². The minimum absolute atomic E-state index is 0.409. The summed E-state index contributed by atoms with van der Waals surface area (Å²) in [7, 11) is 1.96. The SMILES string of the molecule is CCNC(CCc1cnn(C)c1)C1CCCO1. The van der Waals surface area contributed by atoms with E-state index in [1.165, 1.54) is 18.4 Å². The van der Waals surface area contributed by atoms with Crippen LogP contribution in [0.1, 0.15) is 31.7 Å². The second-order valence-electron chi connectivity index (χ2n) is 4.78. The van der Waals surface area contributed by atoms with Crippen LogP contribution in [-0.4, -0.2) is 35.1 Å². The molecule has 0 spiro atoms. The Morgan fingerprint density at radius 3 is 3.12 bits per heavy atom. The van der Waals surface area contributed by atoms with Crippen molar-refractivity contribution in [2.24, 2.45) is 7.05 Å². The zero-order valence-corrected chi connectivity index (χ0v) is 10.9. The summed E-state index contributed by atoms with van der Waals surface area (Å²) >= 11 is 0. The fourth-order valence-electron chi connectivity index (χ4n) is 2.52. The number of hydrogen-bond donors (Lipinski definition) is 1. The molecular weight excluding hydrogens is 214 g/mol. The Morgan fingerprint density at radius 2 is 2.53 bits per heavy atom. The molecule has 0 aliphatic carbocycles. The first-order valence-corrected chi connectivity index (χ1v) is 6.62. The maximum atomic E-state index is 5.78. The molecule has 1 aliphatic heterocycles. The summed E-state index contributed by atoms with van der Waals surface area (Å²) in [4.78, 5) is 0. The molecule has 1 aromatic heterocycles. The minimum Gasteiger partial charge on any atom is -0.377 e. The van der Waals surface area contributed by atoms with Gasteiger partial charge in [-0.3, -0.25) is 4.68 Å². The highest BCUT2D eigenvalue weighted by Gasteiger charge is 2.24. The molecule has 0 saturated carbocycles. The average Bonchev–Trinajstić information content (AvgIpc) is 2.95. The zero-order valence-electron chi connectivity index (χ0n) is 10.9. The van der Waals surface area contributed by atoms with E-state index in [0.29, 0.717) is 12.1 Å². The Labute approximate surface area is 103 Å². The molecule has 96 valence electrons. The van der Waals surface area contributed by atoms with E-state index < -0.39 is 0 Å². The van der Waals surface area contributed by atoms with Crippen molar-refractivity contribution in [3.8, 4) is 0 Å². The van der Waals surface area contributed by atoms with Gasteiger partial charge in [0, 0.05) is 25.9 Å². The average molecular weight is 237 g/mol. The second-order valence-corrected chi connectivity index (χ2v) is 4.78. The lowest BCUT2D eigenvalue weighted by atomic mass is 10.0. The first kappa shape index (κ1) is 12.6. The predicted molar refractivity (Wildman–Crippen MR) is 68.0 cm³/mol. The summed E-state index contributed by atoms with van der Waals surface area (Å²) in [5.41, 5.74) is 1.31. The molecule has 17 heavy (non-hydrogen) atoms. The molecule has 0 radical (unpaired) electrons. The largest absolute Gasteiger partial charge is 0.377 e. The molecule has 2 atom stereocenters. The van der Waals surface area contributed by atoms with Gasteiger partial charge in [-0.15, -0.1) is 0 Å². The zero-order chi connectivity index (χ0) is 12.1. The highest BCUT2D eigenvalue weighted by atomic mass is 16.5. The molecule has 1 fully saturated rings. The summed E-state index contributed by atoms with van der Waals surface area (Å²) in [5, 5.41) is 7.75. The van der Waals surface area contributed by atoms with Gasteiger partial charge in [0.25, 0.3) is 0 Å². The van der Waals surface area contributed by atoms with Crippen molar-refractivity contribution in [3.63, 3.8) is 0 Å². The third kappa shape index (κ3) is 3.54. The van der Waals surface area contributed by atoms with Gasteiger partial charge in [-0.2, -0.15) is 5.10 Å². The van der Waals surface area contributed by atoms with Crippen molar-refractivity contribution >= 4 is 0 Å². The van der Waals surface area contributed by atoms with Gasteiger partial charge in [0.05, 0.1) is 12.3 Å². The first-order chi connectivity index (χ1) is 8.29. The number of aryl methyl sites for hydroxylation is 2. The predicted octanol–water partition coefficient (Wildman–Crippen LogP) is 1.51. The third-order valence-corrected chi connectivity index (χ3v) is 3.38. The van der Waals surface area contributed by atoms with E-state index in [1.807, 2.05) is 17.9 Å². The Morgan fingerprint density at radius 1 is 1.65 bits per heavy atom. The van der Waals surface area contributed by atoms with Crippen LogP contribution in [0.3, 0.4) is 0 Å². The van der Waals surface area contributed by atoms with Crippen LogP contribution in [-0.2, 0) is 18.2 Å². The van der Waals surface area contributed by atoms with E-state index in [0.717, 1.165) is 26.0 Å². The molecule has 0 bridgehead atoms. The van der Waals surface area contributed by atoms with Crippen LogP contribution in [0.4, 0.5) is 0 Å². The molecular formula is C13H23N3O. The Bertz CT molecular complexity index is 331. The summed E-state index contributed by atoms with van der Waals surface area (Å²) in [6, 6.07) is 0.489. The summed E-state index contributed by atoms with van der Waals surface area (Å²) in [6.45, 7) is 4.10. The van der Waals surface area contributed by atoms with E-state index in [4.69, 9.17) is 4.74 Å². The van der Waals surface area contributed by atoms with Gasteiger partial charge in [-0.1, -0.05) is 6.92 Å². The van der Waals surface area contributed by atoms with E-state index in [2.05, 4.69) is 23.5 Å². The van der Waals surface area contributed by atoms with Crippen molar-refractivity contribution < 1.29 is 4.74 Å². The lowest BCUT2D eigenvalue weighted by molar-refractivity contribution is 0.0762. The molecule has 2 heterocycles. The number of hydrogen-bond acceptors (Lipinski definition) is 3. The van der Waals surface area contributed by atoms with Gasteiger partial charge in [-0.25, -0.2) is 0 Å². The molecule has 4 nitrogen and oxygen atoms in total. The van der Waals surface area contributed by atoms with Crippen LogP contribution in [0, 0.1) is 0 Å². The summed E-state index contributed by atoms with van der Waals surface area (Å²) in [5.74, 6) is 0. The molecule has 0 amide bonds. The van der Waals surface area contributed by atoms with Crippen LogP contribution in [0.2, 0.25) is 0 Å². The highest BCUT2D eigenvalue weighted by Crippen LogP contribution is 2.19. The number of ether oxygens (including phenoxy) is 1. The third-order valence-electron chi connectivity index (χ3n) is 3.38. The van der Waals surface area contributed by atoms with Crippen molar-refractivity contribution in [2.45, 2.75) is 44.8 Å². The van der Waals surface area contributed by atoms with Crippen molar-refractivity contribution in [1.29, 1.82) is 0 Å². The van der Waals surface area contributed by atoms with Crippen molar-refractivity contribution in [2.75, 3.05) is 13.2 Å². The summed E-state index contributed by atoms with van der Waals surface area (Å²) in [6.07, 6.45) is 9.07. The number of aromatic nitrogens is 2. The van der Waals surface area contributed by atoms with E-state index in [-0.39, 0.29) is 0 Å². The highest BCUT2D eigenvalue weighted by molar-refractivity contribution is 5.04. The standard InChI is InChI=1S/C13H23N3O/c1-3-14-12(13-5-4-8-17-13)7-6-11-9-15-16(2)10-11/h9-10,12-14H,3-8H2,1-2H3. The normalized spacial score (nSPS) is 21.9. The topological polar surface area (TPSA) is 39.1 Å². The maximum Gasteiger partial charge on any atom is 0.0728 e. The number of nitrogens with one attached hydrogen (secondary N) is 1. The van der Waals surface area contributed by atoms with E-state index >= 15 is 0 Å². The van der Waals surface area contributed by atoms with Gasteiger partial charge in [0.15, 0.2) is 0 Å². The van der Waals surface area contributed by atoms with Gasteiger partial charge in [0.2, 0.25) is 0 Å². The lowest BCUT2D eigenvalue weighted by Gasteiger charge is -2.23. The fraction of sp³-hybridized carbons (Fsp3) is 0.769. The molecule has 1 aromatic rings. The molecule has 2 rings (SSSR count). The lowest BCUT2D eigenvalue weighted by Crippen LogP contribution is -2.39. The van der Waals surface area contributed by atoms with Crippen LogP contribution in [0.25, 0.3) is 0 Å². The number of rotatable bonds is 6. The van der Waals surface area contributed by atoms with Crippen LogP contribution >= 0.6 is 0 Å². The number of likely N-dealkylation sites (N-methyl/N-ethyl adjacent to an activating group) is 1. The van der Waals surface area contributed by atoms with Gasteiger partial charge < -0.3 is 10.1 Å². The Balaban J connectivity index is 1.84. The fourth-order valence-corrected chi connectivity index (χ4v) is 2.52. The quantitative estimate of drug-likeness (QED) is 0.815. The molecule has 1 N–H and O–H groups in total. The minimum atomic E-state index is 0.409. The molecule has 1 saturated heterocycles. The van der Waals surface area contributed by atoms with Crippen molar-refractivity contribution in [1.82, 2.24) is 15.1 Å². The second kappa shape index (κ2) is 6.17. The Kier molecular flexibility index (Phi) is 4.57. The van der Waals surface area contributed by atoms with Gasteiger partial charge in [0.1, 0.15) is 0 Å². The Hall–Kier alpha value is -0.870. The smallest absolute Gasteiger partial charge is 0.0728 e. The molecule has 1 aliphatic rings. The monoisotopic (exact) mass is 237 g/mol. The first-order valence-electron chi connectivity index (χ1n) is 6.62. The van der Waals surface area contributed by atoms with E-state index in [9.17, 15) is 0 Å². The molecule has 4 heteroatoms. The van der Waals surface area contributed by atoms with Gasteiger partial charge >= 0.3 is 0 Å². The maximum absolute atomic E-state index is 5.78. The van der Waals surface area contributed by atoms with Crippen LogP contribution < -0.4 is 5.32 Å². The van der Waals surface area contributed by atoms with E-state index in [1.54, 1.807) is 0 Å². The molecule has 0 aromatic carbocycles. The summed E-state index contributed by atoms with van der Waals surface area (Å²) < 4.78 is 7.64. The number of nitrogens with zero attached hydrogens (tertiary/aromatic N) is 2. The van der Waals surface area contributed by atoms with Gasteiger partial charge in [-0.05, 0) is 37.8 Å².